The molecule has 3 N–H and O–H groups in total. The highest BCUT2D eigenvalue weighted by atomic mass is 31.2. The van der Waals surface area contributed by atoms with E-state index in [9.17, 15) is 19.0 Å². The van der Waals surface area contributed by atoms with E-state index in [4.69, 9.17) is 24.3 Å². The molecule has 0 saturated heterocycles. The lowest BCUT2D eigenvalue weighted by Crippen LogP contribution is -2.29. The van der Waals surface area contributed by atoms with Gasteiger partial charge in [0.15, 0.2) is 6.10 Å². The van der Waals surface area contributed by atoms with Gasteiger partial charge in [-0.3, -0.25) is 18.6 Å². The summed E-state index contributed by atoms with van der Waals surface area (Å²) in [5.74, 6) is -0.849. The Kier molecular flexibility index (Phi) is 41.0. The second kappa shape index (κ2) is 42.6. The van der Waals surface area contributed by atoms with Gasteiger partial charge in [-0.25, -0.2) is 4.57 Å². The Morgan fingerprint density at radius 3 is 1.41 bits per heavy atom. The Hall–Kier alpha value is -2.03. The lowest BCUT2D eigenvalue weighted by Gasteiger charge is -2.19. The number of phosphoric acid groups is 1. The summed E-state index contributed by atoms with van der Waals surface area (Å²) in [6.07, 6.45) is 48.5. The number of phosphoric ester groups is 1. The van der Waals surface area contributed by atoms with Crippen LogP contribution in [-0.4, -0.2) is 49.3 Å². The molecule has 326 valence electrons. The van der Waals surface area contributed by atoms with E-state index >= 15 is 0 Å². The third kappa shape index (κ3) is 41.6. The van der Waals surface area contributed by atoms with Crippen LogP contribution in [0.1, 0.15) is 200 Å². The van der Waals surface area contributed by atoms with E-state index in [0.717, 1.165) is 77.0 Å². The quantitative estimate of drug-likeness (QED) is 0.0267. The van der Waals surface area contributed by atoms with Crippen LogP contribution in [0.5, 0.6) is 0 Å². The van der Waals surface area contributed by atoms with Crippen molar-refractivity contribution < 1.29 is 37.6 Å². The lowest BCUT2D eigenvalue weighted by atomic mass is 10.1. The number of carbonyl (C=O) groups is 2. The fourth-order valence-electron chi connectivity index (χ4n) is 6.03. The van der Waals surface area contributed by atoms with Gasteiger partial charge >= 0.3 is 19.8 Å². The number of hydrogen-bond acceptors (Lipinski definition) is 8. The molecule has 56 heavy (non-hydrogen) atoms. The van der Waals surface area contributed by atoms with Gasteiger partial charge in [-0.1, -0.05) is 165 Å². The van der Waals surface area contributed by atoms with E-state index in [1.54, 1.807) is 0 Å². The zero-order chi connectivity index (χ0) is 41.1. The number of ether oxygens (including phenoxy) is 2. The van der Waals surface area contributed by atoms with Crippen LogP contribution in [0.25, 0.3) is 0 Å². The average molecular weight is 810 g/mol. The van der Waals surface area contributed by atoms with Crippen molar-refractivity contribution in [2.75, 3.05) is 26.4 Å². The fraction of sp³-hybridized carbons (Fsp3) is 0.783. The van der Waals surface area contributed by atoms with Gasteiger partial charge in [-0.15, -0.1) is 0 Å². The molecule has 0 rings (SSSR count). The first kappa shape index (κ1) is 54.0. The molecule has 2 atom stereocenters. The smallest absolute Gasteiger partial charge is 0.462 e. The van der Waals surface area contributed by atoms with E-state index in [2.05, 4.69) is 62.5 Å². The van der Waals surface area contributed by atoms with Crippen molar-refractivity contribution in [2.45, 2.75) is 206 Å². The fourth-order valence-corrected chi connectivity index (χ4v) is 6.80. The first-order valence-electron chi connectivity index (χ1n) is 22.6. The number of allylic oxidation sites excluding steroid dienone is 8. The number of unbranched alkanes of at least 4 members (excludes halogenated alkanes) is 21. The average Bonchev–Trinajstić information content (AvgIpc) is 3.18. The molecule has 2 unspecified atom stereocenters. The summed E-state index contributed by atoms with van der Waals surface area (Å²) in [4.78, 5) is 34.9. The maximum Gasteiger partial charge on any atom is 0.472 e. The van der Waals surface area contributed by atoms with Crippen LogP contribution >= 0.6 is 7.82 Å². The van der Waals surface area contributed by atoms with Gasteiger partial charge in [0.1, 0.15) is 6.61 Å². The number of esters is 2. The first-order valence-corrected chi connectivity index (χ1v) is 24.1. The standard InChI is InChI=1S/C46H84NO8P/c1-3-5-7-9-11-13-15-17-19-20-21-22-23-24-25-27-29-31-33-35-37-39-46(49)55-44(43-54-56(50,51)53-41-40-47)42-52-45(48)38-36-34-32-30-28-26-18-16-14-12-10-8-6-4-2/h10,12,15-18,20-21,44H,3-9,11,13-14,19,22-43,47H2,1-2H3,(H,50,51)/b12-10-,17-15-,18-16-,21-20-. The molecule has 0 aliphatic rings. The van der Waals surface area contributed by atoms with Gasteiger partial charge in [0.2, 0.25) is 0 Å². The van der Waals surface area contributed by atoms with Gasteiger partial charge in [0.25, 0.3) is 0 Å². The Labute approximate surface area is 343 Å². The third-order valence-corrected chi connectivity index (χ3v) is 10.4. The van der Waals surface area contributed by atoms with E-state index in [-0.39, 0.29) is 32.6 Å². The molecular formula is C46H84NO8P. The van der Waals surface area contributed by atoms with Gasteiger partial charge in [0.05, 0.1) is 13.2 Å². The van der Waals surface area contributed by atoms with Crippen LogP contribution in [0.3, 0.4) is 0 Å². The van der Waals surface area contributed by atoms with Crippen LogP contribution in [0.2, 0.25) is 0 Å². The van der Waals surface area contributed by atoms with Gasteiger partial charge in [-0.2, -0.15) is 0 Å². The zero-order valence-corrected chi connectivity index (χ0v) is 36.8. The highest BCUT2D eigenvalue weighted by Gasteiger charge is 2.26. The topological polar surface area (TPSA) is 134 Å². The predicted octanol–water partition coefficient (Wildman–Crippen LogP) is 13.1. The maximum atomic E-state index is 12.6. The Morgan fingerprint density at radius 1 is 0.536 bits per heavy atom. The van der Waals surface area contributed by atoms with Gasteiger partial charge < -0.3 is 20.1 Å². The zero-order valence-electron chi connectivity index (χ0n) is 35.9. The third-order valence-electron chi connectivity index (χ3n) is 9.44. The minimum atomic E-state index is -4.38. The molecule has 0 aromatic rings. The molecule has 0 aromatic heterocycles. The highest BCUT2D eigenvalue weighted by molar-refractivity contribution is 7.47. The molecule has 0 radical (unpaired) electrons. The second-order valence-corrected chi connectivity index (χ2v) is 16.4. The minimum absolute atomic E-state index is 0.0493. The number of rotatable bonds is 42. The minimum Gasteiger partial charge on any atom is -0.462 e. The Balaban J connectivity index is 4.13. The van der Waals surface area contributed by atoms with Crippen molar-refractivity contribution in [1.82, 2.24) is 0 Å². The normalized spacial score (nSPS) is 13.7. The summed E-state index contributed by atoms with van der Waals surface area (Å²) >= 11 is 0. The van der Waals surface area contributed by atoms with E-state index in [1.165, 1.54) is 83.5 Å². The molecule has 0 fully saturated rings. The molecule has 0 spiro atoms. The Morgan fingerprint density at radius 2 is 0.946 bits per heavy atom. The monoisotopic (exact) mass is 810 g/mol. The summed E-state index contributed by atoms with van der Waals surface area (Å²) in [5, 5.41) is 0. The molecule has 0 saturated carbocycles. The summed E-state index contributed by atoms with van der Waals surface area (Å²) in [7, 11) is -4.38. The molecule has 9 nitrogen and oxygen atoms in total. The van der Waals surface area contributed by atoms with Crippen molar-refractivity contribution in [3.05, 3.63) is 48.6 Å². The summed E-state index contributed by atoms with van der Waals surface area (Å²) in [5.41, 5.74) is 5.35. The van der Waals surface area contributed by atoms with E-state index < -0.39 is 32.5 Å². The molecule has 0 heterocycles. The van der Waals surface area contributed by atoms with Crippen LogP contribution in [0.15, 0.2) is 48.6 Å². The molecule has 10 heteroatoms. The van der Waals surface area contributed by atoms with E-state index in [0.29, 0.717) is 12.8 Å². The largest absolute Gasteiger partial charge is 0.472 e. The predicted molar refractivity (Wildman–Crippen MR) is 233 cm³/mol. The SMILES string of the molecule is CCCC/C=C\C/C=C\CCCCCCCC(=O)OCC(COP(=O)(O)OCCN)OC(=O)CCCCCCCCCCC/C=C\C/C=C\CCCCCCC. The maximum absolute atomic E-state index is 12.6. The van der Waals surface area contributed by atoms with Crippen LogP contribution < -0.4 is 5.73 Å². The van der Waals surface area contributed by atoms with Gasteiger partial charge in [-0.05, 0) is 70.6 Å². The van der Waals surface area contributed by atoms with Crippen molar-refractivity contribution in [3.63, 3.8) is 0 Å². The first-order chi connectivity index (χ1) is 27.3. The van der Waals surface area contributed by atoms with Crippen molar-refractivity contribution in [3.8, 4) is 0 Å². The summed E-state index contributed by atoms with van der Waals surface area (Å²) < 4.78 is 32.8. The van der Waals surface area contributed by atoms with Crippen molar-refractivity contribution >= 4 is 19.8 Å². The van der Waals surface area contributed by atoms with Crippen molar-refractivity contribution in [2.24, 2.45) is 5.73 Å². The Bertz CT molecular complexity index is 1060. The van der Waals surface area contributed by atoms with Gasteiger partial charge in [0, 0.05) is 19.4 Å². The molecule has 0 bridgehead atoms. The van der Waals surface area contributed by atoms with Crippen LogP contribution in [-0.2, 0) is 32.7 Å². The molecule has 0 amide bonds. The molecule has 0 aliphatic carbocycles. The van der Waals surface area contributed by atoms with Crippen LogP contribution in [0.4, 0.5) is 0 Å². The number of carbonyl (C=O) groups excluding carboxylic acids is 2. The molecule has 0 aliphatic heterocycles. The highest BCUT2D eigenvalue weighted by Crippen LogP contribution is 2.43. The van der Waals surface area contributed by atoms with E-state index in [1.807, 2.05) is 0 Å². The number of hydrogen-bond donors (Lipinski definition) is 2. The molecule has 0 aromatic carbocycles. The lowest BCUT2D eigenvalue weighted by molar-refractivity contribution is -0.161. The van der Waals surface area contributed by atoms with Crippen molar-refractivity contribution in [1.29, 1.82) is 0 Å². The number of nitrogens with two attached hydrogens (primary N) is 1. The molecular weight excluding hydrogens is 725 g/mol. The summed E-state index contributed by atoms with van der Waals surface area (Å²) in [6, 6.07) is 0. The van der Waals surface area contributed by atoms with Crippen LogP contribution in [0, 0.1) is 0 Å². The second-order valence-electron chi connectivity index (χ2n) is 14.9. The summed E-state index contributed by atoms with van der Waals surface area (Å²) in [6.45, 7) is 3.66.